The average molecular weight is 476 g/mol. The number of guanidine groups is 1. The minimum atomic E-state index is 0. The van der Waals surface area contributed by atoms with Gasteiger partial charge in [-0.25, -0.2) is 9.67 Å². The number of hydrogen-bond donors (Lipinski definition) is 2. The van der Waals surface area contributed by atoms with E-state index in [9.17, 15) is 0 Å². The Labute approximate surface area is 169 Å². The van der Waals surface area contributed by atoms with Gasteiger partial charge in [-0.2, -0.15) is 16.9 Å². The molecule has 0 radical (unpaired) electrons. The molecule has 2 aromatic heterocycles. The average Bonchev–Trinajstić information content (AvgIpc) is 3.25. The zero-order valence-electron chi connectivity index (χ0n) is 14.4. The summed E-state index contributed by atoms with van der Waals surface area (Å²) in [6, 6.07) is 4.23. The number of aliphatic imine (C=N–C) groups is 1. The van der Waals surface area contributed by atoms with Crippen LogP contribution in [0, 0.1) is 0 Å². The maximum absolute atomic E-state index is 5.37. The molecular weight excluding hydrogens is 451 g/mol. The quantitative estimate of drug-likeness (QED) is 0.275. The highest BCUT2D eigenvalue weighted by atomic mass is 127. The first-order valence-electron chi connectivity index (χ1n) is 8.28. The molecule has 9 heteroatoms. The molecule has 1 unspecified atom stereocenters. The van der Waals surface area contributed by atoms with Crippen LogP contribution in [0.15, 0.2) is 34.1 Å². The third kappa shape index (κ3) is 6.21. The molecule has 1 atom stereocenters. The van der Waals surface area contributed by atoms with Gasteiger partial charge in [0.05, 0.1) is 19.4 Å². The van der Waals surface area contributed by atoms with Crippen LogP contribution in [0.3, 0.4) is 0 Å². The Bertz CT molecular complexity index is 645. The van der Waals surface area contributed by atoms with Crippen LogP contribution in [-0.4, -0.2) is 51.9 Å². The summed E-state index contributed by atoms with van der Waals surface area (Å²) < 4.78 is 7.35. The molecule has 1 aliphatic rings. The number of thioether (sulfide) groups is 1. The summed E-state index contributed by atoms with van der Waals surface area (Å²) >= 11 is 1.80. The van der Waals surface area contributed by atoms with Gasteiger partial charge in [0.1, 0.15) is 17.9 Å². The zero-order valence-corrected chi connectivity index (χ0v) is 17.5. The molecule has 0 fully saturated rings. The Kier molecular flexibility index (Phi) is 8.59. The van der Waals surface area contributed by atoms with E-state index in [1.54, 1.807) is 24.4 Å². The normalized spacial score (nSPS) is 16.8. The number of aromatic nitrogens is 3. The van der Waals surface area contributed by atoms with Crippen molar-refractivity contribution in [2.24, 2.45) is 4.99 Å². The van der Waals surface area contributed by atoms with Gasteiger partial charge in [0.15, 0.2) is 5.96 Å². The van der Waals surface area contributed by atoms with E-state index in [0.29, 0.717) is 6.04 Å². The SMILES string of the molecule is CSCCN=C(NCCc1ccco1)NC1CCc2ncnn2C1.I. The van der Waals surface area contributed by atoms with Gasteiger partial charge in [-0.1, -0.05) is 0 Å². The molecule has 0 aromatic carbocycles. The molecule has 0 saturated heterocycles. The maximum atomic E-state index is 5.37. The summed E-state index contributed by atoms with van der Waals surface area (Å²) in [5.74, 6) is 3.93. The number of nitrogens with one attached hydrogen (secondary N) is 2. The first-order chi connectivity index (χ1) is 11.8. The molecule has 0 bridgehead atoms. The van der Waals surface area contributed by atoms with Gasteiger partial charge in [-0.05, 0) is 24.8 Å². The standard InChI is InChI=1S/C16H24N6OS.HI/c1-24-10-8-18-16(17-7-6-14-3-2-9-23-14)21-13-4-5-15-19-12-20-22(15)11-13;/h2-3,9,12-13H,4-8,10-11H2,1H3,(H2,17,18,21);1H. The minimum Gasteiger partial charge on any atom is -0.469 e. The fourth-order valence-corrected chi connectivity index (χ4v) is 2.98. The van der Waals surface area contributed by atoms with Crippen molar-refractivity contribution in [1.82, 2.24) is 25.4 Å². The Morgan fingerprint density at radius 2 is 2.44 bits per heavy atom. The lowest BCUT2D eigenvalue weighted by atomic mass is 10.1. The molecule has 3 rings (SSSR count). The molecule has 0 saturated carbocycles. The third-order valence-corrected chi connectivity index (χ3v) is 4.55. The number of fused-ring (bicyclic) bond motifs is 1. The van der Waals surface area contributed by atoms with Crippen LogP contribution < -0.4 is 10.6 Å². The van der Waals surface area contributed by atoms with E-state index in [2.05, 4.69) is 32.0 Å². The minimum absolute atomic E-state index is 0. The number of nitrogens with zero attached hydrogens (tertiary/aromatic N) is 4. The van der Waals surface area contributed by atoms with Crippen LogP contribution in [0.4, 0.5) is 0 Å². The molecule has 0 aliphatic carbocycles. The summed E-state index contributed by atoms with van der Waals surface area (Å²) in [5, 5.41) is 11.2. The molecule has 0 amide bonds. The van der Waals surface area contributed by atoms with E-state index < -0.39 is 0 Å². The van der Waals surface area contributed by atoms with Crippen molar-refractivity contribution in [2.75, 3.05) is 25.1 Å². The van der Waals surface area contributed by atoms with Gasteiger partial charge in [-0.15, -0.1) is 24.0 Å². The molecular formula is C16H25IN6OS. The molecule has 25 heavy (non-hydrogen) atoms. The summed E-state index contributed by atoms with van der Waals surface area (Å²) in [6.45, 7) is 2.43. The van der Waals surface area contributed by atoms with Crippen LogP contribution in [-0.2, 0) is 19.4 Å². The van der Waals surface area contributed by atoms with Gasteiger partial charge in [0.25, 0.3) is 0 Å². The van der Waals surface area contributed by atoms with Crippen molar-refractivity contribution in [3.05, 3.63) is 36.3 Å². The molecule has 2 N–H and O–H groups in total. The van der Waals surface area contributed by atoms with Crippen molar-refractivity contribution in [3.8, 4) is 0 Å². The van der Waals surface area contributed by atoms with E-state index in [1.807, 2.05) is 16.8 Å². The van der Waals surface area contributed by atoms with E-state index in [4.69, 9.17) is 4.42 Å². The van der Waals surface area contributed by atoms with Crippen molar-refractivity contribution < 1.29 is 4.42 Å². The molecule has 7 nitrogen and oxygen atoms in total. The Morgan fingerprint density at radius 3 is 3.24 bits per heavy atom. The van der Waals surface area contributed by atoms with Crippen LogP contribution in [0.25, 0.3) is 0 Å². The highest BCUT2D eigenvalue weighted by Crippen LogP contribution is 2.11. The van der Waals surface area contributed by atoms with Gasteiger partial charge in [0, 0.05) is 31.2 Å². The van der Waals surface area contributed by atoms with Crippen molar-refractivity contribution in [2.45, 2.75) is 31.8 Å². The predicted molar refractivity (Wildman–Crippen MR) is 112 cm³/mol. The monoisotopic (exact) mass is 476 g/mol. The number of furan rings is 1. The summed E-state index contributed by atoms with van der Waals surface area (Å²) in [5.41, 5.74) is 0. The van der Waals surface area contributed by atoms with Crippen molar-refractivity contribution >= 4 is 41.7 Å². The fraction of sp³-hybridized carbons (Fsp3) is 0.562. The van der Waals surface area contributed by atoms with E-state index in [-0.39, 0.29) is 24.0 Å². The first-order valence-corrected chi connectivity index (χ1v) is 9.67. The maximum Gasteiger partial charge on any atom is 0.191 e. The van der Waals surface area contributed by atoms with E-state index in [0.717, 1.165) is 62.2 Å². The fourth-order valence-electron chi connectivity index (χ4n) is 2.71. The van der Waals surface area contributed by atoms with Crippen LogP contribution in [0.1, 0.15) is 18.0 Å². The molecule has 3 heterocycles. The topological polar surface area (TPSA) is 80.3 Å². The van der Waals surface area contributed by atoms with E-state index >= 15 is 0 Å². The zero-order chi connectivity index (χ0) is 16.6. The van der Waals surface area contributed by atoms with Gasteiger partial charge in [0.2, 0.25) is 0 Å². The lowest BCUT2D eigenvalue weighted by Crippen LogP contribution is -2.47. The number of aryl methyl sites for hydroxylation is 1. The lowest BCUT2D eigenvalue weighted by Gasteiger charge is -2.25. The van der Waals surface area contributed by atoms with E-state index in [1.165, 1.54) is 0 Å². The first kappa shape index (κ1) is 20.1. The Morgan fingerprint density at radius 1 is 1.52 bits per heavy atom. The highest BCUT2D eigenvalue weighted by Gasteiger charge is 2.20. The second kappa shape index (κ2) is 10.7. The molecule has 138 valence electrons. The number of rotatable bonds is 7. The Hall–Kier alpha value is -1.23. The second-order valence-corrected chi connectivity index (χ2v) is 6.70. The summed E-state index contributed by atoms with van der Waals surface area (Å²) in [4.78, 5) is 8.94. The van der Waals surface area contributed by atoms with Gasteiger partial charge < -0.3 is 15.1 Å². The smallest absolute Gasteiger partial charge is 0.191 e. The van der Waals surface area contributed by atoms with Crippen molar-refractivity contribution in [1.29, 1.82) is 0 Å². The molecule has 2 aromatic rings. The summed E-state index contributed by atoms with van der Waals surface area (Å²) in [7, 11) is 0. The predicted octanol–water partition coefficient (Wildman–Crippen LogP) is 1.94. The van der Waals surface area contributed by atoms with Crippen molar-refractivity contribution in [3.63, 3.8) is 0 Å². The summed E-state index contributed by atoms with van der Waals surface area (Å²) in [6.07, 6.45) is 8.27. The Balaban J connectivity index is 0.00000225. The molecule has 1 aliphatic heterocycles. The number of halogens is 1. The highest BCUT2D eigenvalue weighted by molar-refractivity contribution is 14.0. The van der Waals surface area contributed by atoms with Gasteiger partial charge >= 0.3 is 0 Å². The van der Waals surface area contributed by atoms with Crippen LogP contribution >= 0.6 is 35.7 Å². The van der Waals surface area contributed by atoms with Crippen LogP contribution in [0.2, 0.25) is 0 Å². The third-order valence-electron chi connectivity index (χ3n) is 3.96. The second-order valence-electron chi connectivity index (χ2n) is 5.72. The number of hydrogen-bond acceptors (Lipinski definition) is 5. The largest absolute Gasteiger partial charge is 0.469 e. The van der Waals surface area contributed by atoms with Gasteiger partial charge in [-0.3, -0.25) is 4.99 Å². The lowest BCUT2D eigenvalue weighted by molar-refractivity contribution is 0.392. The van der Waals surface area contributed by atoms with Crippen LogP contribution in [0.5, 0.6) is 0 Å². The molecule has 0 spiro atoms.